The van der Waals surface area contributed by atoms with Crippen molar-refractivity contribution >= 4 is 28.1 Å². The monoisotopic (exact) mass is 288 g/mol. The summed E-state index contributed by atoms with van der Waals surface area (Å²) in [5.41, 5.74) is 8.03. The SMILES string of the molecule is Nc1ccc(CC(=O)Nc2nc3c(s2)CCCC3)nc1. The van der Waals surface area contributed by atoms with Crippen LogP contribution in [0.15, 0.2) is 18.3 Å². The Bertz CT molecular complexity index is 597. The standard InChI is InChI=1S/C14H16N4OS/c15-9-5-6-10(16-8-9)7-13(19)18-14-17-11-3-1-2-4-12(11)20-14/h5-6,8H,1-4,7,15H2,(H,17,18,19). The van der Waals surface area contributed by atoms with Crippen LogP contribution in [0.1, 0.15) is 29.1 Å². The first-order chi connectivity index (χ1) is 9.70. The van der Waals surface area contributed by atoms with Gasteiger partial charge in [0.25, 0.3) is 0 Å². The Balaban J connectivity index is 1.63. The van der Waals surface area contributed by atoms with Gasteiger partial charge in [0.15, 0.2) is 5.13 Å². The minimum absolute atomic E-state index is 0.0895. The van der Waals surface area contributed by atoms with Crippen LogP contribution in [0.25, 0.3) is 0 Å². The van der Waals surface area contributed by atoms with Crippen molar-refractivity contribution in [3.8, 4) is 0 Å². The normalized spacial score (nSPS) is 13.8. The molecule has 104 valence electrons. The summed E-state index contributed by atoms with van der Waals surface area (Å²) in [7, 11) is 0. The van der Waals surface area contributed by atoms with Crippen LogP contribution in [-0.4, -0.2) is 15.9 Å². The quantitative estimate of drug-likeness (QED) is 0.907. The zero-order chi connectivity index (χ0) is 13.9. The largest absolute Gasteiger partial charge is 0.397 e. The number of pyridine rings is 1. The van der Waals surface area contributed by atoms with E-state index in [0.29, 0.717) is 16.5 Å². The number of fused-ring (bicyclic) bond motifs is 1. The predicted molar refractivity (Wildman–Crippen MR) is 79.7 cm³/mol. The summed E-state index contributed by atoms with van der Waals surface area (Å²) in [5, 5.41) is 3.57. The molecule has 20 heavy (non-hydrogen) atoms. The minimum atomic E-state index is -0.0895. The molecule has 2 aromatic rings. The average Bonchev–Trinajstić information content (AvgIpc) is 2.83. The molecular weight excluding hydrogens is 272 g/mol. The first-order valence-corrected chi connectivity index (χ1v) is 7.51. The molecule has 0 radical (unpaired) electrons. The van der Waals surface area contributed by atoms with Crippen molar-refractivity contribution in [1.29, 1.82) is 0 Å². The van der Waals surface area contributed by atoms with Gasteiger partial charge < -0.3 is 11.1 Å². The van der Waals surface area contributed by atoms with Gasteiger partial charge >= 0.3 is 0 Å². The van der Waals surface area contributed by atoms with Gasteiger partial charge in [-0.25, -0.2) is 4.98 Å². The fraction of sp³-hybridized carbons (Fsp3) is 0.357. The van der Waals surface area contributed by atoms with Crippen LogP contribution in [0.4, 0.5) is 10.8 Å². The van der Waals surface area contributed by atoms with Gasteiger partial charge in [-0.15, -0.1) is 11.3 Å². The third-order valence-corrected chi connectivity index (χ3v) is 4.35. The third-order valence-electron chi connectivity index (χ3n) is 3.28. The van der Waals surface area contributed by atoms with Crippen molar-refractivity contribution in [3.63, 3.8) is 0 Å². The Labute approximate surface area is 121 Å². The van der Waals surface area contributed by atoms with E-state index >= 15 is 0 Å². The second-order valence-corrected chi connectivity index (χ2v) is 5.99. The Kier molecular flexibility index (Phi) is 3.64. The molecule has 6 heteroatoms. The highest BCUT2D eigenvalue weighted by Gasteiger charge is 2.16. The number of carbonyl (C=O) groups is 1. The summed E-state index contributed by atoms with van der Waals surface area (Å²) < 4.78 is 0. The minimum Gasteiger partial charge on any atom is -0.397 e. The van der Waals surface area contributed by atoms with Crippen molar-refractivity contribution in [1.82, 2.24) is 9.97 Å². The first-order valence-electron chi connectivity index (χ1n) is 6.69. The molecular formula is C14H16N4OS. The fourth-order valence-corrected chi connectivity index (χ4v) is 3.34. The van der Waals surface area contributed by atoms with Gasteiger partial charge in [-0.1, -0.05) is 0 Å². The van der Waals surface area contributed by atoms with Crippen molar-refractivity contribution in [2.24, 2.45) is 0 Å². The number of rotatable bonds is 3. The molecule has 3 N–H and O–H groups in total. The predicted octanol–water partition coefficient (Wildman–Crippen LogP) is 2.18. The lowest BCUT2D eigenvalue weighted by Gasteiger charge is -2.06. The molecule has 1 aliphatic carbocycles. The molecule has 1 aliphatic rings. The summed E-state index contributed by atoms with van der Waals surface area (Å²) in [6, 6.07) is 3.51. The molecule has 5 nitrogen and oxygen atoms in total. The summed E-state index contributed by atoms with van der Waals surface area (Å²) in [6.45, 7) is 0. The lowest BCUT2D eigenvalue weighted by molar-refractivity contribution is -0.115. The second kappa shape index (κ2) is 5.58. The van der Waals surface area contributed by atoms with Crippen LogP contribution >= 0.6 is 11.3 Å². The molecule has 0 spiro atoms. The Morgan fingerprint density at radius 2 is 2.20 bits per heavy atom. The number of anilines is 2. The maximum atomic E-state index is 12.0. The number of aromatic nitrogens is 2. The van der Waals surface area contributed by atoms with Crippen molar-refractivity contribution < 1.29 is 4.79 Å². The Morgan fingerprint density at radius 3 is 2.95 bits per heavy atom. The average molecular weight is 288 g/mol. The number of amides is 1. The number of aryl methyl sites for hydroxylation is 2. The maximum absolute atomic E-state index is 12.0. The highest BCUT2D eigenvalue weighted by atomic mass is 32.1. The number of hydrogen-bond acceptors (Lipinski definition) is 5. The van der Waals surface area contributed by atoms with Crippen LogP contribution in [-0.2, 0) is 24.1 Å². The summed E-state index contributed by atoms with van der Waals surface area (Å²) >= 11 is 1.59. The fourth-order valence-electron chi connectivity index (χ4n) is 2.27. The second-order valence-electron chi connectivity index (χ2n) is 4.90. The van der Waals surface area contributed by atoms with Crippen molar-refractivity contribution in [3.05, 3.63) is 34.6 Å². The van der Waals surface area contributed by atoms with E-state index in [1.54, 1.807) is 29.7 Å². The zero-order valence-electron chi connectivity index (χ0n) is 11.1. The van der Waals surface area contributed by atoms with E-state index in [1.807, 2.05) is 0 Å². The molecule has 2 aromatic heterocycles. The zero-order valence-corrected chi connectivity index (χ0v) is 11.9. The molecule has 0 aromatic carbocycles. The van der Waals surface area contributed by atoms with Crippen molar-refractivity contribution in [2.75, 3.05) is 11.1 Å². The number of nitrogen functional groups attached to an aromatic ring is 1. The number of hydrogen-bond donors (Lipinski definition) is 2. The molecule has 0 unspecified atom stereocenters. The van der Waals surface area contributed by atoms with Gasteiger partial charge in [0.1, 0.15) is 0 Å². The summed E-state index contributed by atoms with van der Waals surface area (Å²) in [6.07, 6.45) is 6.33. The van der Waals surface area contributed by atoms with Crippen LogP contribution in [0.3, 0.4) is 0 Å². The van der Waals surface area contributed by atoms with Gasteiger partial charge in [0.2, 0.25) is 5.91 Å². The van der Waals surface area contributed by atoms with Crippen molar-refractivity contribution in [2.45, 2.75) is 32.1 Å². The van der Waals surface area contributed by atoms with E-state index < -0.39 is 0 Å². The Hall–Kier alpha value is -1.95. The molecule has 0 saturated heterocycles. The molecule has 0 fully saturated rings. The summed E-state index contributed by atoms with van der Waals surface area (Å²) in [4.78, 5) is 21.9. The third kappa shape index (κ3) is 2.96. The van der Waals surface area contributed by atoms with Crippen LogP contribution in [0.2, 0.25) is 0 Å². The van der Waals surface area contributed by atoms with Gasteiger partial charge in [-0.05, 0) is 37.8 Å². The van der Waals surface area contributed by atoms with E-state index in [-0.39, 0.29) is 12.3 Å². The highest BCUT2D eigenvalue weighted by Crippen LogP contribution is 2.29. The van der Waals surface area contributed by atoms with Gasteiger partial charge in [-0.3, -0.25) is 9.78 Å². The van der Waals surface area contributed by atoms with E-state index in [2.05, 4.69) is 15.3 Å². The Morgan fingerprint density at radius 1 is 1.35 bits per heavy atom. The van der Waals surface area contributed by atoms with Gasteiger partial charge in [-0.2, -0.15) is 0 Å². The maximum Gasteiger partial charge on any atom is 0.232 e. The molecule has 2 heterocycles. The lowest BCUT2D eigenvalue weighted by Crippen LogP contribution is -2.15. The van der Waals surface area contributed by atoms with Crippen LogP contribution in [0.5, 0.6) is 0 Å². The number of thiazole rings is 1. The molecule has 0 bridgehead atoms. The van der Waals surface area contributed by atoms with Gasteiger partial charge in [0, 0.05) is 10.6 Å². The number of carbonyl (C=O) groups excluding carboxylic acids is 1. The van der Waals surface area contributed by atoms with Crippen LogP contribution < -0.4 is 11.1 Å². The first kappa shape index (κ1) is 13.1. The number of nitrogens with two attached hydrogens (primary N) is 1. The van der Waals surface area contributed by atoms with E-state index in [9.17, 15) is 4.79 Å². The van der Waals surface area contributed by atoms with Crippen LogP contribution in [0, 0.1) is 0 Å². The van der Waals surface area contributed by atoms with E-state index in [0.717, 1.165) is 18.5 Å². The highest BCUT2D eigenvalue weighted by molar-refractivity contribution is 7.15. The summed E-state index contributed by atoms with van der Waals surface area (Å²) in [5.74, 6) is -0.0895. The number of nitrogens with one attached hydrogen (secondary N) is 1. The molecule has 0 saturated carbocycles. The molecule has 3 rings (SSSR count). The molecule has 1 amide bonds. The van der Waals surface area contributed by atoms with E-state index in [4.69, 9.17) is 5.73 Å². The topological polar surface area (TPSA) is 80.9 Å². The number of nitrogens with zero attached hydrogens (tertiary/aromatic N) is 2. The van der Waals surface area contributed by atoms with Gasteiger partial charge in [0.05, 0.1) is 24.0 Å². The lowest BCUT2D eigenvalue weighted by atomic mass is 10.0. The van der Waals surface area contributed by atoms with E-state index in [1.165, 1.54) is 17.7 Å². The molecule has 0 atom stereocenters. The smallest absolute Gasteiger partial charge is 0.232 e. The molecule has 0 aliphatic heterocycles.